The van der Waals surface area contributed by atoms with Crippen LogP contribution in [0.2, 0.25) is 0 Å². The van der Waals surface area contributed by atoms with E-state index in [2.05, 4.69) is 15.7 Å². The summed E-state index contributed by atoms with van der Waals surface area (Å²) in [7, 11) is 0. The van der Waals surface area contributed by atoms with E-state index in [-0.39, 0.29) is 17.9 Å². The molecule has 0 saturated carbocycles. The van der Waals surface area contributed by atoms with Crippen molar-refractivity contribution < 1.29 is 18.0 Å². The van der Waals surface area contributed by atoms with Crippen molar-refractivity contribution in [2.24, 2.45) is 0 Å². The lowest BCUT2D eigenvalue weighted by Gasteiger charge is -2.33. The van der Waals surface area contributed by atoms with Gasteiger partial charge in [0.1, 0.15) is 5.82 Å². The Labute approximate surface area is 178 Å². The molecular formula is C23H23F3N4O. The summed E-state index contributed by atoms with van der Waals surface area (Å²) < 4.78 is 42.2. The molecule has 4 rings (SSSR count). The van der Waals surface area contributed by atoms with Gasteiger partial charge in [0.05, 0.1) is 6.04 Å². The number of nitrogens with zero attached hydrogens (tertiary/aromatic N) is 2. The molecule has 1 aliphatic heterocycles. The molecule has 0 saturated heterocycles. The summed E-state index contributed by atoms with van der Waals surface area (Å²) in [6.07, 6.45) is -4.05. The van der Waals surface area contributed by atoms with Crippen LogP contribution in [0.4, 0.5) is 19.0 Å². The highest BCUT2D eigenvalue weighted by atomic mass is 19.4. The minimum atomic E-state index is -4.48. The fourth-order valence-electron chi connectivity index (χ4n) is 3.76. The van der Waals surface area contributed by atoms with E-state index in [0.717, 1.165) is 21.4 Å². The molecule has 1 aliphatic rings. The topological polar surface area (TPSA) is 59.0 Å². The van der Waals surface area contributed by atoms with Gasteiger partial charge in [-0.05, 0) is 24.5 Å². The first kappa shape index (κ1) is 21.0. The highest BCUT2D eigenvalue weighted by molar-refractivity contribution is 5.93. The Balaban J connectivity index is 1.52. The first-order chi connectivity index (χ1) is 14.8. The highest BCUT2D eigenvalue weighted by Gasteiger charge is 2.46. The monoisotopic (exact) mass is 428 g/mol. The van der Waals surface area contributed by atoms with Crippen LogP contribution in [0, 0.1) is 6.92 Å². The number of fused-ring (bicyclic) bond motifs is 1. The molecule has 0 radical (unpaired) electrons. The summed E-state index contributed by atoms with van der Waals surface area (Å²) in [6, 6.07) is 16.1. The summed E-state index contributed by atoms with van der Waals surface area (Å²) in [6.45, 7) is 2.29. The third-order valence-electron chi connectivity index (χ3n) is 5.44. The van der Waals surface area contributed by atoms with Gasteiger partial charge in [0.25, 0.3) is 5.91 Å². The summed E-state index contributed by atoms with van der Waals surface area (Å²) in [4.78, 5) is 12.5. The van der Waals surface area contributed by atoms with Crippen LogP contribution in [0.3, 0.4) is 0 Å². The molecule has 0 fully saturated rings. The van der Waals surface area contributed by atoms with E-state index >= 15 is 0 Å². The van der Waals surface area contributed by atoms with Crippen LogP contribution in [0.1, 0.15) is 45.7 Å². The molecule has 2 N–H and O–H groups in total. The van der Waals surface area contributed by atoms with Crippen LogP contribution >= 0.6 is 0 Å². The maximum atomic E-state index is 13.8. The van der Waals surface area contributed by atoms with Crippen LogP contribution in [-0.2, 0) is 6.42 Å². The van der Waals surface area contributed by atoms with Crippen molar-refractivity contribution in [3.63, 3.8) is 0 Å². The fraction of sp³-hybridized carbons (Fsp3) is 0.304. The van der Waals surface area contributed by atoms with Gasteiger partial charge in [0, 0.05) is 19.0 Å². The lowest BCUT2D eigenvalue weighted by Crippen LogP contribution is -2.35. The summed E-state index contributed by atoms with van der Waals surface area (Å²) in [5.41, 5.74) is 2.83. The molecule has 162 valence electrons. The van der Waals surface area contributed by atoms with Gasteiger partial charge >= 0.3 is 6.18 Å². The normalized spacial score (nSPS) is 18.2. The first-order valence-electron chi connectivity index (χ1n) is 10.1. The zero-order valence-electron chi connectivity index (χ0n) is 17.0. The predicted molar refractivity (Wildman–Crippen MR) is 112 cm³/mol. The number of alkyl halides is 3. The number of amides is 1. The fourth-order valence-corrected chi connectivity index (χ4v) is 3.76. The molecule has 2 heterocycles. The molecule has 1 amide bonds. The molecule has 1 aromatic heterocycles. The van der Waals surface area contributed by atoms with E-state index in [4.69, 9.17) is 0 Å². The van der Waals surface area contributed by atoms with Crippen molar-refractivity contribution in [3.05, 3.63) is 83.0 Å². The maximum absolute atomic E-state index is 13.8. The van der Waals surface area contributed by atoms with Gasteiger partial charge < -0.3 is 10.6 Å². The molecule has 8 heteroatoms. The Hall–Kier alpha value is -3.29. The number of anilines is 1. The van der Waals surface area contributed by atoms with Gasteiger partial charge in [0.2, 0.25) is 0 Å². The zero-order valence-corrected chi connectivity index (χ0v) is 17.0. The summed E-state index contributed by atoms with van der Waals surface area (Å²) >= 11 is 0. The van der Waals surface area contributed by atoms with Crippen LogP contribution in [0.15, 0.2) is 60.7 Å². The third kappa shape index (κ3) is 4.73. The SMILES string of the molecule is Cc1ccc(C2CC(C(F)(F)F)n3nc(C(=O)NCCc4ccccc4)cc3N2)cc1. The van der Waals surface area contributed by atoms with E-state index in [0.29, 0.717) is 13.0 Å². The van der Waals surface area contributed by atoms with Crippen LogP contribution < -0.4 is 10.6 Å². The van der Waals surface area contributed by atoms with Crippen molar-refractivity contribution in [2.45, 2.75) is 38.0 Å². The number of hydrogen-bond donors (Lipinski definition) is 2. The standard InChI is InChI=1S/C23H23F3N4O/c1-15-7-9-17(10-8-15)18-13-20(23(24,25)26)30-21(28-18)14-19(29-30)22(31)27-12-11-16-5-3-2-4-6-16/h2-10,14,18,20,28H,11-13H2,1H3,(H,27,31). The minimum absolute atomic E-state index is 0.0330. The van der Waals surface area contributed by atoms with Gasteiger partial charge in [-0.2, -0.15) is 18.3 Å². The Kier molecular flexibility index (Phi) is 5.71. The molecule has 31 heavy (non-hydrogen) atoms. The Morgan fingerprint density at radius 3 is 2.55 bits per heavy atom. The zero-order chi connectivity index (χ0) is 22.0. The Morgan fingerprint density at radius 2 is 1.87 bits per heavy atom. The lowest BCUT2D eigenvalue weighted by atomic mass is 9.96. The molecule has 3 aromatic rings. The molecule has 2 unspecified atom stereocenters. The number of carbonyl (C=O) groups excluding carboxylic acids is 1. The number of halogens is 3. The number of hydrogen-bond acceptors (Lipinski definition) is 3. The first-order valence-corrected chi connectivity index (χ1v) is 10.1. The molecule has 2 atom stereocenters. The third-order valence-corrected chi connectivity index (χ3v) is 5.44. The van der Waals surface area contributed by atoms with E-state index in [9.17, 15) is 18.0 Å². The molecular weight excluding hydrogens is 405 g/mol. The molecule has 0 aliphatic carbocycles. The van der Waals surface area contributed by atoms with Gasteiger partial charge in [-0.15, -0.1) is 0 Å². The van der Waals surface area contributed by atoms with E-state index in [1.54, 1.807) is 0 Å². The number of rotatable bonds is 5. The highest BCUT2D eigenvalue weighted by Crippen LogP contribution is 2.43. The van der Waals surface area contributed by atoms with E-state index in [1.165, 1.54) is 6.07 Å². The molecule has 0 spiro atoms. The number of carbonyl (C=O) groups is 1. The number of aryl methyl sites for hydroxylation is 1. The van der Waals surface area contributed by atoms with Crippen molar-refractivity contribution in [2.75, 3.05) is 11.9 Å². The second-order valence-corrected chi connectivity index (χ2v) is 7.75. The molecule has 2 aromatic carbocycles. The minimum Gasteiger partial charge on any atom is -0.363 e. The smallest absolute Gasteiger partial charge is 0.363 e. The molecule has 5 nitrogen and oxygen atoms in total. The largest absolute Gasteiger partial charge is 0.410 e. The average molecular weight is 428 g/mol. The van der Waals surface area contributed by atoms with Crippen LogP contribution in [-0.4, -0.2) is 28.4 Å². The van der Waals surface area contributed by atoms with Gasteiger partial charge in [0.15, 0.2) is 11.7 Å². The van der Waals surface area contributed by atoms with Crippen molar-refractivity contribution in [1.82, 2.24) is 15.1 Å². The Morgan fingerprint density at radius 1 is 1.16 bits per heavy atom. The van der Waals surface area contributed by atoms with Crippen molar-refractivity contribution in [3.8, 4) is 0 Å². The summed E-state index contributed by atoms with van der Waals surface area (Å²) in [5.74, 6) is -0.306. The van der Waals surface area contributed by atoms with Gasteiger partial charge in [-0.3, -0.25) is 4.79 Å². The van der Waals surface area contributed by atoms with Gasteiger partial charge in [-0.25, -0.2) is 4.68 Å². The molecule has 0 bridgehead atoms. The second-order valence-electron chi connectivity index (χ2n) is 7.75. The maximum Gasteiger partial charge on any atom is 0.410 e. The van der Waals surface area contributed by atoms with Crippen molar-refractivity contribution in [1.29, 1.82) is 0 Å². The average Bonchev–Trinajstić information content (AvgIpc) is 3.18. The number of nitrogens with one attached hydrogen (secondary N) is 2. The summed E-state index contributed by atoms with van der Waals surface area (Å²) in [5, 5.41) is 9.84. The second kappa shape index (κ2) is 8.45. The van der Waals surface area contributed by atoms with Crippen LogP contribution in [0.25, 0.3) is 0 Å². The van der Waals surface area contributed by atoms with Crippen LogP contribution in [0.5, 0.6) is 0 Å². The number of benzene rings is 2. The van der Waals surface area contributed by atoms with Crippen molar-refractivity contribution >= 4 is 11.7 Å². The van der Waals surface area contributed by atoms with E-state index < -0.39 is 24.2 Å². The lowest BCUT2D eigenvalue weighted by molar-refractivity contribution is -0.173. The van der Waals surface area contributed by atoms with E-state index in [1.807, 2.05) is 61.5 Å². The predicted octanol–water partition coefficient (Wildman–Crippen LogP) is 4.82. The quantitative estimate of drug-likeness (QED) is 0.612. The van der Waals surface area contributed by atoms with Gasteiger partial charge in [-0.1, -0.05) is 60.2 Å². The number of aromatic nitrogens is 2. The Bertz CT molecular complexity index is 1040.